The molecule has 3 nitrogen and oxygen atoms in total. The summed E-state index contributed by atoms with van der Waals surface area (Å²) in [5, 5.41) is 3.99. The Balaban J connectivity index is 2.21. The van der Waals surface area contributed by atoms with E-state index in [1.54, 1.807) is 0 Å². The zero-order chi connectivity index (χ0) is 11.1. The van der Waals surface area contributed by atoms with Crippen LogP contribution in [0.2, 0.25) is 0 Å². The summed E-state index contributed by atoms with van der Waals surface area (Å²) in [6.07, 6.45) is 4.97. The summed E-state index contributed by atoms with van der Waals surface area (Å²) >= 11 is 3.38. The molecule has 0 aliphatic carbocycles. The van der Waals surface area contributed by atoms with Crippen molar-refractivity contribution in [3.05, 3.63) is 0 Å². The SMILES string of the molecule is CC(CCCBr)NC(=O)C1CCCCO1. The minimum absolute atomic E-state index is 0.0665. The first-order valence-electron chi connectivity index (χ1n) is 5.72. The van der Waals surface area contributed by atoms with Gasteiger partial charge < -0.3 is 10.1 Å². The number of carbonyl (C=O) groups excluding carboxylic acids is 1. The lowest BCUT2D eigenvalue weighted by atomic mass is 10.1. The van der Waals surface area contributed by atoms with Gasteiger partial charge in [-0.05, 0) is 39.0 Å². The summed E-state index contributed by atoms with van der Waals surface area (Å²) in [7, 11) is 0. The number of nitrogens with one attached hydrogen (secondary N) is 1. The average molecular weight is 278 g/mol. The van der Waals surface area contributed by atoms with Gasteiger partial charge >= 0.3 is 0 Å². The van der Waals surface area contributed by atoms with Crippen molar-refractivity contribution in [3.8, 4) is 0 Å². The Morgan fingerprint density at radius 2 is 2.40 bits per heavy atom. The summed E-state index contributed by atoms with van der Waals surface area (Å²) in [5.41, 5.74) is 0. The summed E-state index contributed by atoms with van der Waals surface area (Å²) < 4.78 is 5.42. The zero-order valence-electron chi connectivity index (χ0n) is 9.30. The van der Waals surface area contributed by atoms with Gasteiger partial charge in [0.2, 0.25) is 5.91 Å². The summed E-state index contributed by atoms with van der Waals surface area (Å²) in [6, 6.07) is 0.251. The highest BCUT2D eigenvalue weighted by Crippen LogP contribution is 2.13. The number of alkyl halides is 1. The van der Waals surface area contributed by atoms with Gasteiger partial charge in [0, 0.05) is 18.0 Å². The van der Waals surface area contributed by atoms with Crippen LogP contribution in [0, 0.1) is 0 Å². The van der Waals surface area contributed by atoms with Crippen molar-refractivity contribution < 1.29 is 9.53 Å². The Morgan fingerprint density at radius 1 is 1.60 bits per heavy atom. The summed E-state index contributed by atoms with van der Waals surface area (Å²) in [4.78, 5) is 11.7. The lowest BCUT2D eigenvalue weighted by molar-refractivity contribution is -0.136. The molecule has 1 saturated heterocycles. The van der Waals surface area contributed by atoms with Gasteiger partial charge in [-0.2, -0.15) is 0 Å². The second kappa shape index (κ2) is 7.23. The van der Waals surface area contributed by atoms with Crippen molar-refractivity contribution in [1.29, 1.82) is 0 Å². The van der Waals surface area contributed by atoms with E-state index in [0.717, 1.165) is 44.0 Å². The molecule has 4 heteroatoms. The van der Waals surface area contributed by atoms with E-state index in [2.05, 4.69) is 21.2 Å². The summed E-state index contributed by atoms with van der Waals surface area (Å²) in [5.74, 6) is 0.0665. The third-order valence-corrected chi connectivity index (χ3v) is 3.19. The van der Waals surface area contributed by atoms with Gasteiger partial charge in [0.1, 0.15) is 6.10 Å². The average Bonchev–Trinajstić information content (AvgIpc) is 2.27. The quantitative estimate of drug-likeness (QED) is 0.783. The molecule has 1 amide bonds. The number of hydrogen-bond acceptors (Lipinski definition) is 2. The van der Waals surface area contributed by atoms with Gasteiger partial charge in [0.15, 0.2) is 0 Å². The Bertz CT molecular complexity index is 193. The van der Waals surface area contributed by atoms with Crippen LogP contribution in [-0.4, -0.2) is 30.0 Å². The molecule has 0 saturated carbocycles. The molecule has 0 aromatic heterocycles. The van der Waals surface area contributed by atoms with E-state index in [4.69, 9.17) is 4.74 Å². The minimum Gasteiger partial charge on any atom is -0.368 e. The van der Waals surface area contributed by atoms with E-state index in [-0.39, 0.29) is 18.1 Å². The normalized spacial score (nSPS) is 23.5. The first kappa shape index (κ1) is 13.0. The number of carbonyl (C=O) groups is 1. The number of rotatable bonds is 5. The maximum absolute atomic E-state index is 11.7. The Morgan fingerprint density at radius 3 is 3.00 bits per heavy atom. The Kier molecular flexibility index (Phi) is 6.25. The van der Waals surface area contributed by atoms with Gasteiger partial charge in [-0.25, -0.2) is 0 Å². The summed E-state index contributed by atoms with van der Waals surface area (Å²) in [6.45, 7) is 2.78. The van der Waals surface area contributed by atoms with Gasteiger partial charge in [-0.3, -0.25) is 4.79 Å². The molecular formula is C11H20BrNO2. The maximum Gasteiger partial charge on any atom is 0.249 e. The highest BCUT2D eigenvalue weighted by molar-refractivity contribution is 9.09. The predicted molar refractivity (Wildman–Crippen MR) is 64.2 cm³/mol. The molecule has 1 N–H and O–H groups in total. The van der Waals surface area contributed by atoms with Crippen molar-refractivity contribution in [2.75, 3.05) is 11.9 Å². The predicted octanol–water partition coefficient (Wildman–Crippen LogP) is 2.24. The molecule has 15 heavy (non-hydrogen) atoms. The van der Waals surface area contributed by atoms with Gasteiger partial charge in [-0.15, -0.1) is 0 Å². The van der Waals surface area contributed by atoms with Crippen LogP contribution in [0.3, 0.4) is 0 Å². The van der Waals surface area contributed by atoms with Crippen molar-refractivity contribution in [3.63, 3.8) is 0 Å². The molecule has 88 valence electrons. The van der Waals surface area contributed by atoms with Crippen LogP contribution >= 0.6 is 15.9 Å². The number of halogens is 1. The van der Waals surface area contributed by atoms with Crippen LogP contribution in [0.25, 0.3) is 0 Å². The van der Waals surface area contributed by atoms with E-state index in [0.29, 0.717) is 0 Å². The fourth-order valence-corrected chi connectivity index (χ4v) is 2.06. The molecule has 0 radical (unpaired) electrons. The molecule has 1 rings (SSSR count). The molecule has 1 aliphatic rings. The van der Waals surface area contributed by atoms with Crippen LogP contribution in [0.1, 0.15) is 39.0 Å². The first-order valence-corrected chi connectivity index (χ1v) is 6.84. The zero-order valence-corrected chi connectivity index (χ0v) is 10.9. The van der Waals surface area contributed by atoms with Crippen LogP contribution in [-0.2, 0) is 9.53 Å². The third-order valence-electron chi connectivity index (χ3n) is 2.63. The highest BCUT2D eigenvalue weighted by atomic mass is 79.9. The van der Waals surface area contributed by atoms with Crippen LogP contribution < -0.4 is 5.32 Å². The number of hydrogen-bond donors (Lipinski definition) is 1. The van der Waals surface area contributed by atoms with E-state index in [1.165, 1.54) is 0 Å². The molecule has 0 aromatic rings. The Hall–Kier alpha value is -0.0900. The third kappa shape index (κ3) is 4.98. The molecule has 1 fully saturated rings. The van der Waals surface area contributed by atoms with E-state index < -0.39 is 0 Å². The molecule has 0 bridgehead atoms. The highest BCUT2D eigenvalue weighted by Gasteiger charge is 2.22. The van der Waals surface area contributed by atoms with E-state index >= 15 is 0 Å². The minimum atomic E-state index is -0.204. The second-order valence-corrected chi connectivity index (χ2v) is 4.89. The standard InChI is InChI=1S/C11H20BrNO2/c1-9(5-4-7-12)13-11(14)10-6-2-3-8-15-10/h9-10H,2-8H2,1H3,(H,13,14). The molecule has 0 aromatic carbocycles. The molecule has 2 atom stereocenters. The van der Waals surface area contributed by atoms with Crippen LogP contribution in [0.4, 0.5) is 0 Å². The van der Waals surface area contributed by atoms with Gasteiger partial charge in [0.25, 0.3) is 0 Å². The number of ether oxygens (including phenoxy) is 1. The molecule has 1 heterocycles. The van der Waals surface area contributed by atoms with Crippen molar-refractivity contribution in [2.24, 2.45) is 0 Å². The van der Waals surface area contributed by atoms with Crippen molar-refractivity contribution >= 4 is 21.8 Å². The maximum atomic E-state index is 11.7. The van der Waals surface area contributed by atoms with Crippen molar-refractivity contribution in [2.45, 2.75) is 51.2 Å². The second-order valence-electron chi connectivity index (χ2n) is 4.10. The fraction of sp³-hybridized carbons (Fsp3) is 0.909. The lowest BCUT2D eigenvalue weighted by Gasteiger charge is -2.23. The van der Waals surface area contributed by atoms with Crippen molar-refractivity contribution in [1.82, 2.24) is 5.32 Å². The lowest BCUT2D eigenvalue weighted by Crippen LogP contribution is -2.42. The van der Waals surface area contributed by atoms with Gasteiger partial charge in [-0.1, -0.05) is 15.9 Å². The smallest absolute Gasteiger partial charge is 0.249 e. The topological polar surface area (TPSA) is 38.3 Å². The van der Waals surface area contributed by atoms with E-state index in [1.807, 2.05) is 6.92 Å². The van der Waals surface area contributed by atoms with E-state index in [9.17, 15) is 4.79 Å². The monoisotopic (exact) mass is 277 g/mol. The first-order chi connectivity index (χ1) is 7.24. The number of amides is 1. The molecular weight excluding hydrogens is 258 g/mol. The molecule has 2 unspecified atom stereocenters. The molecule has 1 aliphatic heterocycles. The Labute approximate surface area is 100 Å². The molecule has 0 spiro atoms. The van der Waals surface area contributed by atoms with Gasteiger partial charge in [0.05, 0.1) is 0 Å². The fourth-order valence-electron chi connectivity index (χ4n) is 1.74. The van der Waals surface area contributed by atoms with Crippen LogP contribution in [0.15, 0.2) is 0 Å². The van der Waals surface area contributed by atoms with Crippen LogP contribution in [0.5, 0.6) is 0 Å². The largest absolute Gasteiger partial charge is 0.368 e.